The lowest BCUT2D eigenvalue weighted by atomic mass is 9.84. The van der Waals surface area contributed by atoms with E-state index in [4.69, 9.17) is 18.9 Å². The molecule has 5 rings (SSSR count). The Morgan fingerprint density at radius 1 is 0.829 bits per heavy atom. The minimum atomic E-state index is -0.939. The molecule has 2 heterocycles. The highest BCUT2D eigenvalue weighted by molar-refractivity contribution is 6.07. The van der Waals surface area contributed by atoms with E-state index in [0.29, 0.717) is 0 Å². The summed E-state index contributed by atoms with van der Waals surface area (Å²) in [4.78, 5) is 27.1. The molecule has 3 aromatic carbocycles. The van der Waals surface area contributed by atoms with Gasteiger partial charge in [-0.25, -0.2) is 9.59 Å². The predicted octanol–water partition coefficient (Wildman–Crippen LogP) is 4.70. The molecule has 0 radical (unpaired) electrons. The highest BCUT2D eigenvalue weighted by Gasteiger charge is 2.46. The summed E-state index contributed by atoms with van der Waals surface area (Å²) in [6, 6.07) is 11.7. The zero-order valence-electron chi connectivity index (χ0n) is 23.1. The van der Waals surface area contributed by atoms with E-state index in [1.54, 1.807) is 0 Å². The monoisotopic (exact) mass is 564 g/mol. The molecule has 10 nitrogen and oxygen atoms in total. The van der Waals surface area contributed by atoms with Crippen LogP contribution in [-0.2, 0) is 25.6 Å². The Balaban J connectivity index is 1.59. The molecular weight excluding hydrogens is 532 g/mol. The van der Waals surface area contributed by atoms with Gasteiger partial charge in [0.15, 0.2) is 6.29 Å². The lowest BCUT2D eigenvalue weighted by Gasteiger charge is -2.43. The fourth-order valence-corrected chi connectivity index (χ4v) is 5.28. The molecule has 3 aromatic rings. The Morgan fingerprint density at radius 2 is 1.39 bits per heavy atom. The summed E-state index contributed by atoms with van der Waals surface area (Å²) in [6.45, 7) is 6.52. The molecule has 0 bridgehead atoms. The van der Waals surface area contributed by atoms with Crippen molar-refractivity contribution >= 4 is 11.9 Å². The van der Waals surface area contributed by atoms with Crippen LogP contribution in [0.2, 0.25) is 0 Å². The number of phenolic OH excluding ortho intramolecular Hbond substituents is 4. The highest BCUT2D eigenvalue weighted by Crippen LogP contribution is 2.48. The molecular formula is C31H32O10. The average Bonchev–Trinajstić information content (AvgIpc) is 2.97. The fourth-order valence-electron chi connectivity index (χ4n) is 5.28. The maximum atomic E-state index is 13.7. The molecule has 41 heavy (non-hydrogen) atoms. The van der Waals surface area contributed by atoms with Gasteiger partial charge in [-0.15, -0.1) is 0 Å². The van der Waals surface area contributed by atoms with Gasteiger partial charge in [0.1, 0.15) is 41.8 Å². The molecule has 2 aliphatic heterocycles. The number of ether oxygens (including phenoxy) is 4. The van der Waals surface area contributed by atoms with E-state index in [-0.39, 0.29) is 64.2 Å². The molecule has 0 saturated carbocycles. The number of benzene rings is 3. The smallest absolute Gasteiger partial charge is 0.339 e. The van der Waals surface area contributed by atoms with Crippen molar-refractivity contribution in [1.82, 2.24) is 0 Å². The summed E-state index contributed by atoms with van der Waals surface area (Å²) >= 11 is 0. The van der Waals surface area contributed by atoms with Gasteiger partial charge in [0.2, 0.25) is 0 Å². The van der Waals surface area contributed by atoms with Gasteiger partial charge < -0.3 is 39.4 Å². The molecule has 216 valence electrons. The zero-order valence-corrected chi connectivity index (χ0v) is 23.1. The van der Waals surface area contributed by atoms with E-state index in [2.05, 4.69) is 0 Å². The van der Waals surface area contributed by atoms with E-state index in [1.807, 2.05) is 44.2 Å². The largest absolute Gasteiger partial charge is 0.508 e. The van der Waals surface area contributed by atoms with Crippen LogP contribution in [0.3, 0.4) is 0 Å². The maximum Gasteiger partial charge on any atom is 0.339 e. The van der Waals surface area contributed by atoms with Gasteiger partial charge in [0.05, 0.1) is 17.7 Å². The minimum absolute atomic E-state index is 0.00808. The number of aromatic hydroxyl groups is 4. The van der Waals surface area contributed by atoms with Crippen molar-refractivity contribution in [2.45, 2.75) is 52.8 Å². The van der Waals surface area contributed by atoms with E-state index >= 15 is 0 Å². The van der Waals surface area contributed by atoms with E-state index in [1.165, 1.54) is 13.8 Å². The Hall–Kier alpha value is -4.28. The van der Waals surface area contributed by atoms with Crippen molar-refractivity contribution in [3.05, 3.63) is 70.3 Å². The van der Waals surface area contributed by atoms with Gasteiger partial charge in [0.25, 0.3) is 0 Å². The van der Waals surface area contributed by atoms with Crippen LogP contribution in [0, 0.1) is 25.7 Å². The Bertz CT molecular complexity index is 1500. The van der Waals surface area contributed by atoms with Crippen LogP contribution >= 0.6 is 0 Å². The van der Waals surface area contributed by atoms with Crippen molar-refractivity contribution in [3.8, 4) is 34.1 Å². The second-order valence-corrected chi connectivity index (χ2v) is 10.6. The van der Waals surface area contributed by atoms with E-state index in [0.717, 1.165) is 17.7 Å². The number of hydrogen-bond donors (Lipinski definition) is 4. The average molecular weight is 565 g/mol. The van der Waals surface area contributed by atoms with Gasteiger partial charge in [-0.1, -0.05) is 44.2 Å². The molecule has 0 spiro atoms. The topological polar surface area (TPSA) is 152 Å². The molecule has 1 saturated heterocycles. The van der Waals surface area contributed by atoms with Crippen LogP contribution in [0.15, 0.2) is 42.5 Å². The van der Waals surface area contributed by atoms with Crippen LogP contribution in [0.4, 0.5) is 0 Å². The second-order valence-electron chi connectivity index (χ2n) is 10.6. The number of rotatable bonds is 3. The molecule has 10 heteroatoms. The third kappa shape index (κ3) is 5.05. The van der Waals surface area contributed by atoms with Gasteiger partial charge >= 0.3 is 11.9 Å². The van der Waals surface area contributed by atoms with Crippen molar-refractivity contribution in [3.63, 3.8) is 0 Å². The second kappa shape index (κ2) is 10.9. The number of esters is 2. The van der Waals surface area contributed by atoms with Crippen molar-refractivity contribution in [1.29, 1.82) is 0 Å². The summed E-state index contributed by atoms with van der Waals surface area (Å²) in [7, 11) is 0. The van der Waals surface area contributed by atoms with Crippen LogP contribution < -0.4 is 0 Å². The molecule has 2 aliphatic rings. The minimum Gasteiger partial charge on any atom is -0.508 e. The Morgan fingerprint density at radius 3 is 1.98 bits per heavy atom. The number of fused-ring (bicyclic) bond motifs is 4. The Kier molecular flexibility index (Phi) is 7.54. The van der Waals surface area contributed by atoms with Crippen LogP contribution in [0.5, 0.6) is 23.0 Å². The summed E-state index contributed by atoms with van der Waals surface area (Å²) in [5.41, 5.74) is -0.109. The number of carbonyl (C=O) groups excluding carboxylic acids is 2. The molecule has 0 aliphatic carbocycles. The third-order valence-corrected chi connectivity index (χ3v) is 8.07. The lowest BCUT2D eigenvalue weighted by Crippen LogP contribution is -2.53. The maximum absolute atomic E-state index is 13.7. The first-order chi connectivity index (χ1) is 19.5. The first-order valence-corrected chi connectivity index (χ1v) is 13.3. The van der Waals surface area contributed by atoms with Crippen molar-refractivity contribution in [2.24, 2.45) is 11.8 Å². The van der Waals surface area contributed by atoms with Crippen LogP contribution in [0.25, 0.3) is 11.1 Å². The molecule has 4 N–H and O–H groups in total. The SMILES string of the molecule is Cc1c(O)cc2c(c1O)-c1c(cc(O)c(C)c1O)C(=O)O[C@@H]1C(COC2=O)O[C@@H](OCc2ccccc2)C(C)[C@H]1C. The van der Waals surface area contributed by atoms with Crippen LogP contribution in [0.1, 0.15) is 51.3 Å². The first kappa shape index (κ1) is 28.3. The van der Waals surface area contributed by atoms with Crippen LogP contribution in [-0.4, -0.2) is 57.5 Å². The zero-order chi connectivity index (χ0) is 29.6. The quantitative estimate of drug-likeness (QED) is 0.329. The standard InChI is InChI=1S/C31H32O10/c1-14-15(2)31(39-12-18-8-6-5-7-9-18)40-23-13-38-29(36)19-10-21(32)16(3)26(34)24(19)25-20(30(37)41-28(14)23)11-22(33)17(4)27(25)35/h5-11,14-15,23,28,31-35H,12-13H2,1-4H3/t14-,15?,23?,28+,31-/m1/s1. The number of cyclic esters (lactones) is 1. The van der Waals surface area contributed by atoms with E-state index in [9.17, 15) is 30.0 Å². The lowest BCUT2D eigenvalue weighted by molar-refractivity contribution is -0.271. The van der Waals surface area contributed by atoms with Crippen molar-refractivity contribution < 1.29 is 49.0 Å². The van der Waals surface area contributed by atoms with Gasteiger partial charge in [-0.2, -0.15) is 0 Å². The molecule has 0 aromatic heterocycles. The summed E-state index contributed by atoms with van der Waals surface area (Å²) < 4.78 is 23.8. The van der Waals surface area contributed by atoms with Gasteiger partial charge in [-0.3, -0.25) is 0 Å². The summed E-state index contributed by atoms with van der Waals surface area (Å²) in [5, 5.41) is 43.1. The number of hydrogen-bond acceptors (Lipinski definition) is 10. The molecule has 5 atom stereocenters. The molecule has 1 fully saturated rings. The molecule has 2 unspecified atom stereocenters. The number of phenols is 4. The normalized spacial score (nSPS) is 24.2. The third-order valence-electron chi connectivity index (χ3n) is 8.07. The Labute approximate surface area is 236 Å². The first-order valence-electron chi connectivity index (χ1n) is 13.3. The van der Waals surface area contributed by atoms with Gasteiger partial charge in [0, 0.05) is 34.1 Å². The summed E-state index contributed by atoms with van der Waals surface area (Å²) in [5.74, 6) is -4.29. The van der Waals surface area contributed by atoms with E-state index < -0.39 is 47.7 Å². The van der Waals surface area contributed by atoms with Crippen molar-refractivity contribution in [2.75, 3.05) is 6.61 Å². The highest BCUT2D eigenvalue weighted by atomic mass is 16.7. The predicted molar refractivity (Wildman–Crippen MR) is 146 cm³/mol. The number of carbonyl (C=O) groups is 2. The molecule has 0 amide bonds. The fraction of sp³-hybridized carbons (Fsp3) is 0.355. The van der Waals surface area contributed by atoms with Gasteiger partial charge in [-0.05, 0) is 31.5 Å². The summed E-state index contributed by atoms with van der Waals surface area (Å²) in [6.07, 6.45) is -2.54.